The number of nitrogens with zero attached hydrogens (tertiary/aromatic N) is 20. The zero-order valence-corrected chi connectivity index (χ0v) is 77.4. The van der Waals surface area contributed by atoms with Crippen molar-refractivity contribution in [3.05, 3.63) is 193 Å². The minimum absolute atomic E-state index is 0.00163. The lowest BCUT2D eigenvalue weighted by Gasteiger charge is -2.38. The molecule has 4 aliphatic carbocycles. The number of alkyl halides is 1. The van der Waals surface area contributed by atoms with E-state index in [0.29, 0.717) is 85.2 Å². The number of halogens is 1. The number of methoxy groups -OCH3 is 2. The SMILES string of the molecule is CO[C@@H]1CCN(C(=O)c2ccc3c(c2)nc(-c2cc4cccnc4n2CC2CC2)n3C)C[C@@H]1N.CO[C@H]1CCN(C(=O)c2ccc3c(c2)nc(-c2cc4cccnc4n2CC2CC2)n3C)C[C@H]1N.Cn1c(-c2cc3cccnc3n2CC2CC2)nc2cc(C(=O)N3C4CCC(N)C3CC4)ccc21.Cn1c(-c2cc3cccnc3n2CC2CC2)nc2cc(C(=O)N3C[C@@H](N)C[C@H](F)C3)ccc21. The molecular weight excluding hydrogens is 1700 g/mol. The fourth-order valence-corrected chi connectivity index (χ4v) is 21.6. The third kappa shape index (κ3) is 16.9. The lowest BCUT2D eigenvalue weighted by molar-refractivity contribution is 0.0223. The van der Waals surface area contributed by atoms with Gasteiger partial charge in [0.2, 0.25) is 0 Å². The van der Waals surface area contributed by atoms with Crippen molar-refractivity contribution < 1.29 is 33.0 Å². The van der Waals surface area contributed by atoms with E-state index < -0.39 is 6.17 Å². The molecule has 4 aromatic carbocycles. The van der Waals surface area contributed by atoms with E-state index in [9.17, 15) is 23.6 Å². The van der Waals surface area contributed by atoms with Gasteiger partial charge in [0, 0.05) is 206 Å². The lowest BCUT2D eigenvalue weighted by Crippen LogP contribution is -2.53. The number of nitrogens with two attached hydrogens (primary N) is 4. The normalized spacial score (nSPS) is 21.9. The van der Waals surface area contributed by atoms with E-state index in [-0.39, 0.29) is 72.6 Å². The number of aryl methyl sites for hydroxylation is 4. The first kappa shape index (κ1) is 87.4. The van der Waals surface area contributed by atoms with E-state index in [1.54, 1.807) is 26.4 Å². The van der Waals surface area contributed by atoms with E-state index in [2.05, 4.69) is 117 Å². The highest BCUT2D eigenvalue weighted by Gasteiger charge is 2.45. The van der Waals surface area contributed by atoms with Crippen LogP contribution in [0.3, 0.4) is 0 Å². The molecule has 5 aliphatic heterocycles. The minimum atomic E-state index is -1.08. The number of imidazole rings is 4. The summed E-state index contributed by atoms with van der Waals surface area (Å²) in [7, 11) is 11.5. The molecule has 4 saturated carbocycles. The highest BCUT2D eigenvalue weighted by molar-refractivity contribution is 6.02. The largest absolute Gasteiger partial charge is 0.380 e. The number of carbonyl (C=O) groups is 4. The predicted octanol–water partition coefficient (Wildman–Crippen LogP) is 14.0. The van der Waals surface area contributed by atoms with Gasteiger partial charge in [-0.2, -0.15) is 0 Å². The Morgan fingerprint density at radius 3 is 0.993 bits per heavy atom. The number of carbonyl (C=O) groups excluding carboxylic acids is 4. The van der Waals surface area contributed by atoms with Gasteiger partial charge < -0.3 is 88.5 Å². The average Bonchev–Trinajstić information content (AvgIpc) is 1.61. The third-order valence-corrected chi connectivity index (χ3v) is 29.8. The van der Waals surface area contributed by atoms with E-state index in [4.69, 9.17) is 52.3 Å². The van der Waals surface area contributed by atoms with E-state index in [1.807, 2.05) is 141 Å². The van der Waals surface area contributed by atoms with Crippen LogP contribution in [-0.4, -0.2) is 228 Å². The van der Waals surface area contributed by atoms with Gasteiger partial charge in [-0.25, -0.2) is 44.3 Å². The Morgan fingerprint density at radius 2 is 0.681 bits per heavy atom. The van der Waals surface area contributed by atoms with Crippen LogP contribution in [-0.2, 0) is 63.8 Å². The lowest BCUT2D eigenvalue weighted by atomic mass is 9.97. The molecule has 0 radical (unpaired) electrons. The first-order valence-corrected chi connectivity index (χ1v) is 48.2. The fourth-order valence-electron chi connectivity index (χ4n) is 21.6. The molecule has 25 rings (SSSR count). The summed E-state index contributed by atoms with van der Waals surface area (Å²) in [6.45, 7) is 6.57. The zero-order chi connectivity index (χ0) is 92.5. The molecule has 9 atom stereocenters. The van der Waals surface area contributed by atoms with Gasteiger partial charge in [0.05, 0.1) is 85.7 Å². The van der Waals surface area contributed by atoms with Crippen molar-refractivity contribution in [2.75, 3.05) is 53.5 Å². The van der Waals surface area contributed by atoms with Crippen molar-refractivity contribution >= 4 is 112 Å². The highest BCUT2D eigenvalue weighted by Crippen LogP contribution is 2.43. The number of piperidine rings is 4. The van der Waals surface area contributed by atoms with Crippen molar-refractivity contribution in [2.45, 2.75) is 177 Å². The first-order chi connectivity index (χ1) is 65.6. The van der Waals surface area contributed by atoms with Gasteiger partial charge in [-0.3, -0.25) is 19.2 Å². The topological polar surface area (TPSA) is 346 Å². The molecule has 17 heterocycles. The summed E-state index contributed by atoms with van der Waals surface area (Å²) in [4.78, 5) is 98.8. The zero-order valence-electron chi connectivity index (χ0n) is 77.4. The van der Waals surface area contributed by atoms with E-state index >= 15 is 0 Å². The second-order valence-electron chi connectivity index (χ2n) is 39.3. The van der Waals surface area contributed by atoms with Gasteiger partial charge in [0.15, 0.2) is 23.3 Å². The monoisotopic (exact) mass is 1820 g/mol. The van der Waals surface area contributed by atoms with Crippen LogP contribution in [0.25, 0.3) is 134 Å². The molecule has 696 valence electrons. The van der Waals surface area contributed by atoms with Crippen LogP contribution in [0.15, 0.2) is 170 Å². The van der Waals surface area contributed by atoms with Gasteiger partial charge in [0.1, 0.15) is 28.8 Å². The fraction of sp³-hybridized carbons (Fsp3) is 0.423. The van der Waals surface area contributed by atoms with Crippen molar-refractivity contribution in [3.8, 4) is 46.1 Å². The van der Waals surface area contributed by atoms with Crippen molar-refractivity contribution in [3.63, 3.8) is 0 Å². The van der Waals surface area contributed by atoms with Crippen LogP contribution in [0.2, 0.25) is 0 Å². The molecule has 16 aromatic rings. The number of benzene rings is 4. The Hall–Kier alpha value is -12.9. The summed E-state index contributed by atoms with van der Waals surface area (Å²) in [5.74, 6) is 6.26. The van der Waals surface area contributed by atoms with Crippen LogP contribution in [0.4, 0.5) is 4.39 Å². The highest BCUT2D eigenvalue weighted by atomic mass is 19.1. The molecule has 8 N–H and O–H groups in total. The average molecular weight is 1820 g/mol. The minimum Gasteiger partial charge on any atom is -0.380 e. The molecule has 9 aliphatic rings. The standard InChI is InChI=1S/C27H30N6O.2C26H30N6O2.C25H27FN6O/c1-31-23-10-6-18(27(34)33-19-7-9-20(28)22(33)11-8-19)13-21(23)30-26(31)24-14-17-3-2-12-29-25(17)32(24)15-16-4-5-16;2*1-30-21-8-7-18(26(33)31-11-9-23(34-2)19(27)15-31)12-20(21)29-25(30)22-13-17-4-3-10-28-24(17)32(22)14-16-5-6-16;1-30-21-7-6-17(25(33)31-13-18(26)11-19(27)14-31)9-20(21)29-24(30)22-10-16-3-2-8-28-23(16)32(22)12-15-4-5-15/h2-3,6,10,12-14,16,19-20,22H,4-5,7-9,11,15,28H2,1H3;2*3-4,7-8,10,12-13,16,19,23H,5-6,9,11,14-15,27H2,1-2H3;2-3,6-10,15,18-19H,4-5,11-14,27H2,1H3/t;2*19-,23+;18-,19-/m.100/s1. The summed E-state index contributed by atoms with van der Waals surface area (Å²) in [5, 5.41) is 4.48. The van der Waals surface area contributed by atoms with Crippen LogP contribution in [0.5, 0.6) is 0 Å². The molecule has 0 spiro atoms. The molecular formula is C104H117FN24O6. The number of likely N-dealkylation sites (tertiary alicyclic amines) is 3. The maximum Gasteiger partial charge on any atom is 0.254 e. The maximum atomic E-state index is 14.0. The van der Waals surface area contributed by atoms with Gasteiger partial charge in [-0.1, -0.05) is 0 Å². The Labute approximate surface area is 780 Å². The molecule has 30 nitrogen and oxygen atoms in total. The molecule has 2 bridgehead atoms. The summed E-state index contributed by atoms with van der Waals surface area (Å²) in [6, 6.07) is 48.0. The summed E-state index contributed by atoms with van der Waals surface area (Å²) < 4.78 is 42.5. The number of hydrogen-bond donors (Lipinski definition) is 4. The molecule has 135 heavy (non-hydrogen) atoms. The van der Waals surface area contributed by atoms with E-state index in [1.165, 1.54) is 56.3 Å². The second kappa shape index (κ2) is 35.7. The van der Waals surface area contributed by atoms with Crippen LogP contribution >= 0.6 is 0 Å². The molecule has 31 heteroatoms. The summed E-state index contributed by atoms with van der Waals surface area (Å²) in [5.41, 5.74) is 42.7. The smallest absolute Gasteiger partial charge is 0.254 e. The van der Waals surface area contributed by atoms with Crippen LogP contribution < -0.4 is 22.9 Å². The second-order valence-corrected chi connectivity index (χ2v) is 39.3. The predicted molar refractivity (Wildman–Crippen MR) is 521 cm³/mol. The summed E-state index contributed by atoms with van der Waals surface area (Å²) in [6.07, 6.45) is 22.4. The molecule has 4 amide bonds. The van der Waals surface area contributed by atoms with Gasteiger partial charge in [-0.15, -0.1) is 0 Å². The Balaban J connectivity index is 0.000000105. The quantitative estimate of drug-likeness (QED) is 0.0620. The number of aromatic nitrogens is 16. The number of amides is 4. The molecule has 5 saturated heterocycles. The number of pyridine rings is 4. The van der Waals surface area contributed by atoms with E-state index in [0.717, 1.165) is 205 Å². The molecule has 3 unspecified atom stereocenters. The van der Waals surface area contributed by atoms with Crippen molar-refractivity contribution in [1.82, 2.24) is 96.0 Å². The van der Waals surface area contributed by atoms with Gasteiger partial charge >= 0.3 is 0 Å². The van der Waals surface area contributed by atoms with Gasteiger partial charge in [0.25, 0.3) is 23.6 Å². The third-order valence-electron chi connectivity index (χ3n) is 29.8. The van der Waals surface area contributed by atoms with Crippen molar-refractivity contribution in [1.29, 1.82) is 0 Å². The Bertz CT molecular complexity index is 7050. The Kier molecular flexibility index (Phi) is 23.1. The molecule has 12 aromatic heterocycles. The number of rotatable bonds is 18. The Morgan fingerprint density at radius 1 is 0.363 bits per heavy atom. The first-order valence-electron chi connectivity index (χ1n) is 48.2. The molecule has 9 fully saturated rings. The number of ether oxygens (including phenoxy) is 2. The number of fused-ring (bicyclic) bond motifs is 10. The van der Waals surface area contributed by atoms with Crippen LogP contribution in [0, 0.1) is 23.7 Å². The summed E-state index contributed by atoms with van der Waals surface area (Å²) >= 11 is 0. The maximum absolute atomic E-state index is 14.0. The number of hydrogen-bond acceptors (Lipinski definition) is 18. The van der Waals surface area contributed by atoms with Gasteiger partial charge in [-0.05, 0) is 266 Å². The van der Waals surface area contributed by atoms with Crippen LogP contribution in [0.1, 0.15) is 138 Å². The van der Waals surface area contributed by atoms with Crippen molar-refractivity contribution in [2.24, 2.45) is 74.8 Å².